The average Bonchev–Trinajstić information content (AvgIpc) is 3.24. The van der Waals surface area contributed by atoms with E-state index in [0.717, 1.165) is 17.6 Å². The Labute approximate surface area is 129 Å². The number of alkyl halides is 1. The number of hydrogen-bond donors (Lipinski definition) is 1. The maximum absolute atomic E-state index is 11.6. The van der Waals surface area contributed by atoms with Gasteiger partial charge in [0.2, 0.25) is 5.91 Å². The molecule has 21 heavy (non-hydrogen) atoms. The van der Waals surface area contributed by atoms with E-state index in [1.807, 2.05) is 6.33 Å². The highest BCUT2D eigenvalue weighted by Gasteiger charge is 2.32. The molecule has 0 bridgehead atoms. The van der Waals surface area contributed by atoms with Gasteiger partial charge in [-0.2, -0.15) is 0 Å². The zero-order valence-corrected chi connectivity index (χ0v) is 13.2. The molecule has 1 aromatic heterocycles. The van der Waals surface area contributed by atoms with Gasteiger partial charge in [0.1, 0.15) is 5.88 Å². The first-order valence-electron chi connectivity index (χ1n) is 7.36. The molecule has 1 saturated carbocycles. The van der Waals surface area contributed by atoms with E-state index < -0.39 is 0 Å². The number of aryl methyl sites for hydroxylation is 2. The SMILES string of the molecule is Cc1cc2ncn(CC(NC(=O)CCl)C3CC3)c2cc1C. The van der Waals surface area contributed by atoms with Gasteiger partial charge in [0, 0.05) is 12.6 Å². The number of hydrogen-bond acceptors (Lipinski definition) is 2. The van der Waals surface area contributed by atoms with E-state index in [-0.39, 0.29) is 17.8 Å². The lowest BCUT2D eigenvalue weighted by Crippen LogP contribution is -2.40. The van der Waals surface area contributed by atoms with Gasteiger partial charge < -0.3 is 9.88 Å². The molecule has 0 saturated heterocycles. The van der Waals surface area contributed by atoms with Crippen molar-refractivity contribution in [2.75, 3.05) is 5.88 Å². The van der Waals surface area contributed by atoms with Gasteiger partial charge in [-0.15, -0.1) is 11.6 Å². The molecule has 3 rings (SSSR count). The van der Waals surface area contributed by atoms with Gasteiger partial charge in [-0.25, -0.2) is 4.98 Å². The molecule has 2 aromatic rings. The first kappa shape index (κ1) is 14.4. The Hall–Kier alpha value is -1.55. The molecule has 0 aliphatic heterocycles. The molecule has 4 nitrogen and oxygen atoms in total. The summed E-state index contributed by atoms with van der Waals surface area (Å²) >= 11 is 5.61. The molecule has 1 aliphatic rings. The van der Waals surface area contributed by atoms with Crippen LogP contribution >= 0.6 is 11.6 Å². The summed E-state index contributed by atoms with van der Waals surface area (Å²) in [6.07, 6.45) is 4.22. The second-order valence-electron chi connectivity index (χ2n) is 5.97. The number of nitrogens with zero attached hydrogens (tertiary/aromatic N) is 2. The molecule has 1 heterocycles. The maximum Gasteiger partial charge on any atom is 0.235 e. The largest absolute Gasteiger partial charge is 0.350 e. The van der Waals surface area contributed by atoms with Crippen molar-refractivity contribution in [1.29, 1.82) is 0 Å². The lowest BCUT2D eigenvalue weighted by molar-refractivity contribution is -0.119. The summed E-state index contributed by atoms with van der Waals surface area (Å²) in [5.41, 5.74) is 4.65. The molecule has 0 radical (unpaired) electrons. The van der Waals surface area contributed by atoms with Crippen molar-refractivity contribution >= 4 is 28.5 Å². The van der Waals surface area contributed by atoms with E-state index in [4.69, 9.17) is 11.6 Å². The van der Waals surface area contributed by atoms with E-state index in [1.54, 1.807) is 0 Å². The number of carbonyl (C=O) groups excluding carboxylic acids is 1. The zero-order valence-electron chi connectivity index (χ0n) is 12.4. The summed E-state index contributed by atoms with van der Waals surface area (Å²) in [7, 11) is 0. The van der Waals surface area contributed by atoms with Crippen molar-refractivity contribution < 1.29 is 4.79 Å². The fourth-order valence-corrected chi connectivity index (χ4v) is 2.80. The van der Waals surface area contributed by atoms with Crippen LogP contribution in [0.25, 0.3) is 11.0 Å². The Bertz CT molecular complexity index is 675. The third-order valence-corrected chi connectivity index (χ3v) is 4.53. The minimum atomic E-state index is -0.0926. The smallest absolute Gasteiger partial charge is 0.235 e. The number of rotatable bonds is 5. The Morgan fingerprint density at radius 3 is 2.81 bits per heavy atom. The number of aromatic nitrogens is 2. The van der Waals surface area contributed by atoms with Crippen LogP contribution in [0.5, 0.6) is 0 Å². The molecule has 1 aromatic carbocycles. The van der Waals surface area contributed by atoms with Gasteiger partial charge >= 0.3 is 0 Å². The van der Waals surface area contributed by atoms with Crippen LogP contribution in [0.4, 0.5) is 0 Å². The first-order chi connectivity index (χ1) is 10.1. The van der Waals surface area contributed by atoms with Gasteiger partial charge in [-0.1, -0.05) is 0 Å². The lowest BCUT2D eigenvalue weighted by atomic mass is 10.1. The van der Waals surface area contributed by atoms with Gasteiger partial charge in [-0.05, 0) is 55.9 Å². The van der Waals surface area contributed by atoms with Crippen molar-refractivity contribution in [2.24, 2.45) is 5.92 Å². The molecular formula is C16H20ClN3O. The zero-order chi connectivity index (χ0) is 15.0. The highest BCUT2D eigenvalue weighted by molar-refractivity contribution is 6.27. The van der Waals surface area contributed by atoms with Gasteiger partial charge in [0.05, 0.1) is 17.4 Å². The first-order valence-corrected chi connectivity index (χ1v) is 7.89. The maximum atomic E-state index is 11.6. The topological polar surface area (TPSA) is 46.9 Å². The fourth-order valence-electron chi connectivity index (χ4n) is 2.73. The van der Waals surface area contributed by atoms with Gasteiger partial charge in [-0.3, -0.25) is 4.79 Å². The van der Waals surface area contributed by atoms with Crippen molar-refractivity contribution in [3.8, 4) is 0 Å². The number of nitrogens with one attached hydrogen (secondary N) is 1. The van der Waals surface area contributed by atoms with Gasteiger partial charge in [0.25, 0.3) is 0 Å². The standard InChI is InChI=1S/C16H20ClN3O/c1-10-5-13-15(6-11(10)2)20(9-18-13)8-14(12-3-4-12)19-16(21)7-17/h5-6,9,12,14H,3-4,7-8H2,1-2H3,(H,19,21). The molecule has 5 heteroatoms. The lowest BCUT2D eigenvalue weighted by Gasteiger charge is -2.19. The van der Waals surface area contributed by atoms with Crippen LogP contribution in [0.3, 0.4) is 0 Å². The quantitative estimate of drug-likeness (QED) is 0.864. The third-order valence-electron chi connectivity index (χ3n) is 4.29. The number of amides is 1. The minimum absolute atomic E-state index is 0.0200. The predicted molar refractivity (Wildman–Crippen MR) is 84.6 cm³/mol. The van der Waals surface area contributed by atoms with Crippen LogP contribution in [0.15, 0.2) is 18.5 Å². The molecule has 1 amide bonds. The second-order valence-corrected chi connectivity index (χ2v) is 6.23. The Kier molecular flexibility index (Phi) is 3.89. The minimum Gasteiger partial charge on any atom is -0.350 e. The highest BCUT2D eigenvalue weighted by atomic mass is 35.5. The Balaban J connectivity index is 1.85. The third kappa shape index (κ3) is 3.05. The van der Waals surface area contributed by atoms with Crippen LogP contribution in [-0.4, -0.2) is 27.4 Å². The van der Waals surface area contributed by atoms with E-state index in [2.05, 4.69) is 40.8 Å². The summed E-state index contributed by atoms with van der Waals surface area (Å²) in [5.74, 6) is 0.498. The number of halogens is 1. The van der Waals surface area contributed by atoms with Crippen LogP contribution in [0, 0.1) is 19.8 Å². The Morgan fingerprint density at radius 1 is 1.43 bits per heavy atom. The summed E-state index contributed by atoms with van der Waals surface area (Å²) in [5, 5.41) is 3.04. The Morgan fingerprint density at radius 2 is 2.14 bits per heavy atom. The van der Waals surface area contributed by atoms with Crippen LogP contribution in [0.1, 0.15) is 24.0 Å². The number of imidazole rings is 1. The average molecular weight is 306 g/mol. The van der Waals surface area contributed by atoms with E-state index in [1.165, 1.54) is 24.0 Å². The molecule has 1 aliphatic carbocycles. The molecule has 112 valence electrons. The number of benzene rings is 1. The second kappa shape index (κ2) is 5.68. The van der Waals surface area contributed by atoms with Crippen molar-refractivity contribution in [3.05, 3.63) is 29.6 Å². The van der Waals surface area contributed by atoms with Crippen molar-refractivity contribution in [2.45, 2.75) is 39.3 Å². The predicted octanol–water partition coefficient (Wildman–Crippen LogP) is 2.79. The summed E-state index contributed by atoms with van der Waals surface area (Å²) < 4.78 is 2.14. The highest BCUT2D eigenvalue weighted by Crippen LogP contribution is 2.34. The van der Waals surface area contributed by atoms with E-state index >= 15 is 0 Å². The fraction of sp³-hybridized carbons (Fsp3) is 0.500. The number of fused-ring (bicyclic) bond motifs is 1. The summed E-state index contributed by atoms with van der Waals surface area (Å²) in [6.45, 7) is 4.97. The van der Waals surface area contributed by atoms with Crippen LogP contribution in [0.2, 0.25) is 0 Å². The molecule has 1 fully saturated rings. The number of carbonyl (C=O) groups is 1. The van der Waals surface area contributed by atoms with Crippen LogP contribution < -0.4 is 5.32 Å². The molecule has 1 atom stereocenters. The molecular weight excluding hydrogens is 286 g/mol. The molecule has 1 unspecified atom stereocenters. The van der Waals surface area contributed by atoms with E-state index in [9.17, 15) is 4.79 Å². The van der Waals surface area contributed by atoms with Crippen molar-refractivity contribution in [3.63, 3.8) is 0 Å². The molecule has 1 N–H and O–H groups in total. The monoisotopic (exact) mass is 305 g/mol. The van der Waals surface area contributed by atoms with Gasteiger partial charge in [0.15, 0.2) is 0 Å². The van der Waals surface area contributed by atoms with E-state index in [0.29, 0.717) is 5.92 Å². The van der Waals surface area contributed by atoms with Crippen LogP contribution in [-0.2, 0) is 11.3 Å². The summed E-state index contributed by atoms with van der Waals surface area (Å²) in [4.78, 5) is 16.1. The van der Waals surface area contributed by atoms with Crippen molar-refractivity contribution in [1.82, 2.24) is 14.9 Å². The summed E-state index contributed by atoms with van der Waals surface area (Å²) in [6, 6.07) is 4.44. The molecule has 0 spiro atoms. The normalized spacial score (nSPS) is 16.1.